The second-order valence-corrected chi connectivity index (χ2v) is 5.09. The standard InChI is InChI=1S/C16H17N3O2/c1-2-7-19-8-3-4-12(19)10-17-11-5-6-13-14(9-11)16(21)18-15(13)20/h3-6,8-9,17H,2,7,10H2,1H3,(H,18,20,21). The van der Waals surface area contributed by atoms with E-state index in [0.29, 0.717) is 17.7 Å². The lowest BCUT2D eigenvalue weighted by Gasteiger charge is -2.10. The fraction of sp³-hybridized carbons (Fsp3) is 0.250. The molecule has 1 aromatic carbocycles. The van der Waals surface area contributed by atoms with Crippen LogP contribution in [-0.2, 0) is 13.1 Å². The number of carbonyl (C=O) groups excluding carboxylic acids is 2. The van der Waals surface area contributed by atoms with Crippen LogP contribution in [-0.4, -0.2) is 16.4 Å². The van der Waals surface area contributed by atoms with Gasteiger partial charge in [-0.2, -0.15) is 0 Å². The van der Waals surface area contributed by atoms with Gasteiger partial charge in [-0.25, -0.2) is 0 Å². The number of fused-ring (bicyclic) bond motifs is 1. The Hall–Kier alpha value is -2.56. The molecule has 2 aromatic rings. The molecule has 0 unspecified atom stereocenters. The topological polar surface area (TPSA) is 63.1 Å². The molecule has 2 N–H and O–H groups in total. The number of hydrogen-bond donors (Lipinski definition) is 2. The molecular formula is C16H17N3O2. The van der Waals surface area contributed by atoms with Crippen molar-refractivity contribution in [2.45, 2.75) is 26.4 Å². The van der Waals surface area contributed by atoms with Gasteiger partial charge in [0, 0.05) is 24.1 Å². The van der Waals surface area contributed by atoms with E-state index in [1.54, 1.807) is 12.1 Å². The molecular weight excluding hydrogens is 266 g/mol. The molecule has 0 bridgehead atoms. The molecule has 1 aliphatic heterocycles. The van der Waals surface area contributed by atoms with Gasteiger partial charge in [0.2, 0.25) is 0 Å². The number of nitrogens with one attached hydrogen (secondary N) is 2. The summed E-state index contributed by atoms with van der Waals surface area (Å²) in [5.41, 5.74) is 2.91. The zero-order valence-electron chi connectivity index (χ0n) is 11.8. The maximum absolute atomic E-state index is 11.6. The van der Waals surface area contributed by atoms with Crippen molar-refractivity contribution in [1.82, 2.24) is 9.88 Å². The number of rotatable bonds is 5. The van der Waals surface area contributed by atoms with Crippen LogP contribution in [0.1, 0.15) is 39.8 Å². The van der Waals surface area contributed by atoms with Crippen LogP contribution in [0, 0.1) is 0 Å². The average molecular weight is 283 g/mol. The summed E-state index contributed by atoms with van der Waals surface area (Å²) < 4.78 is 2.20. The Morgan fingerprint density at radius 3 is 2.76 bits per heavy atom. The maximum atomic E-state index is 11.6. The number of hydrogen-bond acceptors (Lipinski definition) is 3. The molecule has 2 heterocycles. The number of anilines is 1. The molecule has 2 amide bonds. The third-order valence-corrected chi connectivity index (χ3v) is 3.60. The molecule has 1 aromatic heterocycles. The molecule has 0 fully saturated rings. The Labute approximate surface area is 123 Å². The molecule has 0 atom stereocenters. The first kappa shape index (κ1) is 13.4. The van der Waals surface area contributed by atoms with Gasteiger partial charge in [0.05, 0.1) is 17.7 Å². The van der Waals surface area contributed by atoms with E-state index < -0.39 is 0 Å². The first-order chi connectivity index (χ1) is 10.2. The van der Waals surface area contributed by atoms with Crippen LogP contribution >= 0.6 is 0 Å². The Bertz CT molecular complexity index is 703. The van der Waals surface area contributed by atoms with Crippen molar-refractivity contribution in [2.24, 2.45) is 0 Å². The summed E-state index contributed by atoms with van der Waals surface area (Å²) in [5, 5.41) is 5.59. The Balaban J connectivity index is 1.74. The molecule has 0 saturated carbocycles. The van der Waals surface area contributed by atoms with Crippen LogP contribution < -0.4 is 10.6 Å². The predicted octanol–water partition coefficient (Wildman–Crippen LogP) is 2.39. The fourth-order valence-corrected chi connectivity index (χ4v) is 2.54. The Morgan fingerprint density at radius 1 is 1.14 bits per heavy atom. The first-order valence-corrected chi connectivity index (χ1v) is 7.06. The van der Waals surface area contributed by atoms with Crippen LogP contribution in [0.2, 0.25) is 0 Å². The molecule has 21 heavy (non-hydrogen) atoms. The van der Waals surface area contributed by atoms with Gasteiger partial charge < -0.3 is 9.88 Å². The van der Waals surface area contributed by atoms with Gasteiger partial charge in [0.15, 0.2) is 0 Å². The molecule has 0 spiro atoms. The summed E-state index contributed by atoms with van der Waals surface area (Å²) in [6.07, 6.45) is 3.15. The maximum Gasteiger partial charge on any atom is 0.259 e. The highest BCUT2D eigenvalue weighted by Crippen LogP contribution is 2.20. The van der Waals surface area contributed by atoms with Gasteiger partial charge in [0.25, 0.3) is 11.8 Å². The number of carbonyl (C=O) groups is 2. The van der Waals surface area contributed by atoms with Gasteiger partial charge in [-0.15, -0.1) is 0 Å². The van der Waals surface area contributed by atoms with Crippen molar-refractivity contribution in [3.63, 3.8) is 0 Å². The Morgan fingerprint density at radius 2 is 1.95 bits per heavy atom. The largest absolute Gasteiger partial charge is 0.379 e. The molecule has 5 nitrogen and oxygen atoms in total. The van der Waals surface area contributed by atoms with Crippen molar-refractivity contribution in [2.75, 3.05) is 5.32 Å². The van der Waals surface area contributed by atoms with Gasteiger partial charge in [-0.3, -0.25) is 14.9 Å². The lowest BCUT2D eigenvalue weighted by Crippen LogP contribution is -2.19. The van der Waals surface area contributed by atoms with E-state index in [4.69, 9.17) is 0 Å². The minimum absolute atomic E-state index is 0.321. The van der Waals surface area contributed by atoms with Gasteiger partial charge in [-0.05, 0) is 36.8 Å². The second kappa shape index (κ2) is 5.44. The third kappa shape index (κ3) is 2.54. The van der Waals surface area contributed by atoms with E-state index in [1.165, 1.54) is 5.69 Å². The number of amides is 2. The minimum atomic E-state index is -0.326. The minimum Gasteiger partial charge on any atom is -0.379 e. The lowest BCUT2D eigenvalue weighted by molar-refractivity contribution is 0.0879. The highest BCUT2D eigenvalue weighted by Gasteiger charge is 2.26. The zero-order valence-corrected chi connectivity index (χ0v) is 11.8. The molecule has 0 saturated heterocycles. The summed E-state index contributed by atoms with van der Waals surface area (Å²) >= 11 is 0. The van der Waals surface area contributed by atoms with Gasteiger partial charge in [0.1, 0.15) is 0 Å². The zero-order chi connectivity index (χ0) is 14.8. The third-order valence-electron chi connectivity index (χ3n) is 3.60. The van der Waals surface area contributed by atoms with Crippen LogP contribution in [0.5, 0.6) is 0 Å². The number of aromatic nitrogens is 1. The van der Waals surface area contributed by atoms with E-state index in [1.807, 2.05) is 12.1 Å². The number of benzene rings is 1. The van der Waals surface area contributed by atoms with E-state index >= 15 is 0 Å². The van der Waals surface area contributed by atoms with Crippen molar-refractivity contribution in [3.05, 3.63) is 53.3 Å². The van der Waals surface area contributed by atoms with Crippen molar-refractivity contribution >= 4 is 17.5 Å². The highest BCUT2D eigenvalue weighted by atomic mass is 16.2. The van der Waals surface area contributed by atoms with E-state index in [-0.39, 0.29) is 11.8 Å². The molecule has 3 rings (SSSR count). The summed E-state index contributed by atoms with van der Waals surface area (Å²) in [5.74, 6) is -0.647. The quantitative estimate of drug-likeness (QED) is 0.828. The van der Waals surface area contributed by atoms with Crippen molar-refractivity contribution in [1.29, 1.82) is 0 Å². The highest BCUT2D eigenvalue weighted by molar-refractivity contribution is 6.21. The summed E-state index contributed by atoms with van der Waals surface area (Å²) in [7, 11) is 0. The number of imide groups is 1. The number of aryl methyl sites for hydroxylation is 1. The molecule has 5 heteroatoms. The fourth-order valence-electron chi connectivity index (χ4n) is 2.54. The van der Waals surface area contributed by atoms with E-state index in [2.05, 4.69) is 34.4 Å². The SMILES string of the molecule is CCCn1cccc1CNc1ccc2c(c1)C(=O)NC2=O. The average Bonchev–Trinajstić information content (AvgIpc) is 3.03. The van der Waals surface area contributed by atoms with Gasteiger partial charge >= 0.3 is 0 Å². The lowest BCUT2D eigenvalue weighted by atomic mass is 10.1. The van der Waals surface area contributed by atoms with Crippen LogP contribution in [0.3, 0.4) is 0 Å². The first-order valence-electron chi connectivity index (χ1n) is 7.06. The van der Waals surface area contributed by atoms with Gasteiger partial charge in [-0.1, -0.05) is 6.92 Å². The summed E-state index contributed by atoms with van der Waals surface area (Å²) in [4.78, 5) is 23.1. The monoisotopic (exact) mass is 283 g/mol. The van der Waals surface area contributed by atoms with E-state index in [0.717, 1.165) is 18.7 Å². The summed E-state index contributed by atoms with van der Waals surface area (Å²) in [6.45, 7) is 3.82. The second-order valence-electron chi connectivity index (χ2n) is 5.09. The van der Waals surface area contributed by atoms with Crippen LogP contribution in [0.25, 0.3) is 0 Å². The molecule has 0 radical (unpaired) electrons. The Kier molecular flexibility index (Phi) is 3.48. The molecule has 108 valence electrons. The van der Waals surface area contributed by atoms with Crippen molar-refractivity contribution in [3.8, 4) is 0 Å². The number of nitrogens with zero attached hydrogens (tertiary/aromatic N) is 1. The van der Waals surface area contributed by atoms with Crippen LogP contribution in [0.15, 0.2) is 36.5 Å². The smallest absolute Gasteiger partial charge is 0.259 e. The normalized spacial score (nSPS) is 13.2. The summed E-state index contributed by atoms with van der Waals surface area (Å²) in [6, 6.07) is 9.34. The van der Waals surface area contributed by atoms with Crippen LogP contribution in [0.4, 0.5) is 5.69 Å². The molecule has 0 aliphatic carbocycles. The van der Waals surface area contributed by atoms with Crippen molar-refractivity contribution < 1.29 is 9.59 Å². The van der Waals surface area contributed by atoms with E-state index in [9.17, 15) is 9.59 Å². The molecule has 1 aliphatic rings. The predicted molar refractivity (Wildman–Crippen MR) is 80.3 cm³/mol.